The Balaban J connectivity index is 1.70. The molecule has 1 N–H and O–H groups in total. The van der Waals surface area contributed by atoms with Gasteiger partial charge in [0.05, 0.1) is 18.2 Å². The standard InChI is InChI=1S/C22H20F3N3O2S/c1-30-19-10-18-17(9-16(19)13-5-7-31(29)8-6-13)22(28-12-27-18)26-11-14-3-2-4-15(20(14)23)21(24)25/h2-5,9-10,12,21H,6-8,11H2,1H3,(H,26,27,28). The van der Waals surface area contributed by atoms with Crippen LogP contribution in [0.1, 0.15) is 29.5 Å². The maximum absolute atomic E-state index is 14.4. The fourth-order valence-corrected chi connectivity index (χ4v) is 4.58. The van der Waals surface area contributed by atoms with Crippen molar-refractivity contribution in [2.75, 3.05) is 23.9 Å². The Morgan fingerprint density at radius 1 is 1.26 bits per heavy atom. The number of aromatic nitrogens is 2. The van der Waals surface area contributed by atoms with Crippen LogP contribution >= 0.6 is 0 Å². The summed E-state index contributed by atoms with van der Waals surface area (Å²) in [5, 5.41) is 3.73. The number of fused-ring (bicyclic) bond motifs is 1. The normalized spacial score (nSPS) is 16.4. The van der Waals surface area contributed by atoms with Gasteiger partial charge in [-0.25, -0.2) is 23.1 Å². The number of rotatable bonds is 6. The maximum atomic E-state index is 14.4. The van der Waals surface area contributed by atoms with Crippen molar-refractivity contribution in [3.8, 4) is 5.75 Å². The lowest BCUT2D eigenvalue weighted by atomic mass is 9.99. The molecule has 0 saturated carbocycles. The summed E-state index contributed by atoms with van der Waals surface area (Å²) in [4.78, 5) is 8.55. The van der Waals surface area contributed by atoms with Crippen LogP contribution in [0.5, 0.6) is 5.75 Å². The summed E-state index contributed by atoms with van der Waals surface area (Å²) in [6, 6.07) is 7.62. The van der Waals surface area contributed by atoms with Crippen LogP contribution < -0.4 is 10.1 Å². The van der Waals surface area contributed by atoms with E-state index in [0.717, 1.165) is 17.2 Å². The fraction of sp³-hybridized carbons (Fsp3) is 0.273. The first-order valence-electron chi connectivity index (χ1n) is 9.64. The van der Waals surface area contributed by atoms with E-state index in [1.165, 1.54) is 18.5 Å². The van der Waals surface area contributed by atoms with Gasteiger partial charge in [-0.2, -0.15) is 0 Å². The van der Waals surface area contributed by atoms with Gasteiger partial charge in [-0.05, 0) is 18.1 Å². The van der Waals surface area contributed by atoms with E-state index >= 15 is 0 Å². The van der Waals surface area contributed by atoms with Crippen LogP contribution in [0, 0.1) is 5.82 Å². The SMILES string of the molecule is COc1cc2ncnc(NCc3cccc(C(F)F)c3F)c2cc1C1=CCS(=O)CC1. The molecule has 2 aromatic carbocycles. The number of hydrogen-bond donors (Lipinski definition) is 1. The third kappa shape index (κ3) is 4.41. The minimum absolute atomic E-state index is 0.0124. The predicted octanol–water partition coefficient (Wildman–Crippen LogP) is 4.86. The first kappa shape index (κ1) is 21.3. The van der Waals surface area contributed by atoms with Crippen LogP contribution in [0.4, 0.5) is 19.0 Å². The largest absolute Gasteiger partial charge is 0.496 e. The summed E-state index contributed by atoms with van der Waals surface area (Å²) in [6.07, 6.45) is 1.11. The lowest BCUT2D eigenvalue weighted by molar-refractivity contribution is 0.146. The second-order valence-electron chi connectivity index (χ2n) is 7.06. The van der Waals surface area contributed by atoms with Gasteiger partial charge in [-0.3, -0.25) is 4.21 Å². The first-order valence-corrected chi connectivity index (χ1v) is 11.1. The molecule has 0 saturated heterocycles. The van der Waals surface area contributed by atoms with Crippen LogP contribution in [0.15, 0.2) is 42.7 Å². The number of nitrogens with zero attached hydrogens (tertiary/aromatic N) is 2. The Morgan fingerprint density at radius 3 is 2.81 bits per heavy atom. The van der Waals surface area contributed by atoms with Gasteiger partial charge in [0.15, 0.2) is 0 Å². The second kappa shape index (κ2) is 9.05. The molecule has 9 heteroatoms. The van der Waals surface area contributed by atoms with E-state index in [-0.39, 0.29) is 12.1 Å². The van der Waals surface area contributed by atoms with Crippen molar-refractivity contribution >= 4 is 33.1 Å². The van der Waals surface area contributed by atoms with Gasteiger partial charge in [0, 0.05) is 51.4 Å². The molecule has 0 amide bonds. The zero-order valence-corrected chi connectivity index (χ0v) is 17.5. The lowest BCUT2D eigenvalue weighted by Crippen LogP contribution is -2.09. The molecule has 0 radical (unpaired) electrons. The van der Waals surface area contributed by atoms with Crippen molar-refractivity contribution in [1.29, 1.82) is 0 Å². The Kier molecular flexibility index (Phi) is 6.22. The molecule has 0 bridgehead atoms. The minimum Gasteiger partial charge on any atom is -0.496 e. The van der Waals surface area contributed by atoms with Crippen LogP contribution in [0.3, 0.4) is 0 Å². The molecule has 0 fully saturated rings. The van der Waals surface area contributed by atoms with E-state index in [2.05, 4.69) is 15.3 Å². The molecule has 1 aliphatic heterocycles. The average molecular weight is 447 g/mol. The van der Waals surface area contributed by atoms with Crippen LogP contribution in [0.25, 0.3) is 16.5 Å². The van der Waals surface area contributed by atoms with Crippen LogP contribution in [-0.4, -0.2) is 32.8 Å². The average Bonchev–Trinajstić information content (AvgIpc) is 2.77. The van der Waals surface area contributed by atoms with Crippen molar-refractivity contribution in [2.24, 2.45) is 0 Å². The molecule has 1 aromatic heterocycles. The van der Waals surface area contributed by atoms with Crippen LogP contribution in [0.2, 0.25) is 0 Å². The Labute approximate surface area is 179 Å². The monoisotopic (exact) mass is 447 g/mol. The molecule has 1 aliphatic rings. The maximum Gasteiger partial charge on any atom is 0.266 e. The lowest BCUT2D eigenvalue weighted by Gasteiger charge is -2.17. The van der Waals surface area contributed by atoms with Crippen molar-refractivity contribution in [2.45, 2.75) is 19.4 Å². The van der Waals surface area contributed by atoms with E-state index < -0.39 is 28.6 Å². The molecular weight excluding hydrogens is 427 g/mol. The van der Waals surface area contributed by atoms with Gasteiger partial charge < -0.3 is 10.1 Å². The first-order chi connectivity index (χ1) is 15.0. The molecule has 5 nitrogen and oxygen atoms in total. The summed E-state index contributed by atoms with van der Waals surface area (Å²) in [5.74, 6) is 1.25. The summed E-state index contributed by atoms with van der Waals surface area (Å²) < 4.78 is 57.6. The van der Waals surface area contributed by atoms with E-state index in [4.69, 9.17) is 4.74 Å². The zero-order chi connectivity index (χ0) is 22.0. The Bertz CT molecular complexity index is 1180. The highest BCUT2D eigenvalue weighted by atomic mass is 32.2. The zero-order valence-electron chi connectivity index (χ0n) is 16.7. The van der Waals surface area contributed by atoms with Gasteiger partial charge in [0.25, 0.3) is 6.43 Å². The van der Waals surface area contributed by atoms with E-state index in [0.29, 0.717) is 40.4 Å². The Morgan fingerprint density at radius 2 is 2.10 bits per heavy atom. The number of halogens is 3. The Hall–Kier alpha value is -2.94. The van der Waals surface area contributed by atoms with Crippen molar-refractivity contribution < 1.29 is 22.1 Å². The summed E-state index contributed by atoms with van der Waals surface area (Å²) in [7, 11) is 0.725. The summed E-state index contributed by atoms with van der Waals surface area (Å²) in [5.41, 5.74) is 2.01. The molecule has 3 aromatic rings. The third-order valence-electron chi connectivity index (χ3n) is 5.21. The number of benzene rings is 2. The highest BCUT2D eigenvalue weighted by molar-refractivity contribution is 7.85. The van der Waals surface area contributed by atoms with Crippen LogP contribution in [-0.2, 0) is 17.3 Å². The topological polar surface area (TPSA) is 64.1 Å². The molecule has 1 unspecified atom stereocenters. The number of alkyl halides is 2. The third-order valence-corrected chi connectivity index (χ3v) is 6.41. The van der Waals surface area contributed by atoms with Crippen molar-refractivity contribution in [1.82, 2.24) is 9.97 Å². The highest BCUT2D eigenvalue weighted by Gasteiger charge is 2.18. The number of nitrogens with one attached hydrogen (secondary N) is 1. The molecule has 0 aliphatic carbocycles. The molecule has 162 valence electrons. The quantitative estimate of drug-likeness (QED) is 0.585. The van der Waals surface area contributed by atoms with Gasteiger partial charge in [-0.15, -0.1) is 0 Å². The number of anilines is 1. The number of ether oxygens (including phenoxy) is 1. The fourth-order valence-electron chi connectivity index (χ4n) is 3.58. The number of methoxy groups -OCH3 is 1. The van der Waals surface area contributed by atoms with Gasteiger partial charge in [-0.1, -0.05) is 24.3 Å². The number of hydrogen-bond acceptors (Lipinski definition) is 5. The van der Waals surface area contributed by atoms with E-state index in [1.807, 2.05) is 12.1 Å². The molecule has 4 rings (SSSR count). The van der Waals surface area contributed by atoms with Crippen molar-refractivity contribution in [3.05, 3.63) is 65.2 Å². The van der Waals surface area contributed by atoms with Gasteiger partial charge in [0.1, 0.15) is 23.7 Å². The second-order valence-corrected chi connectivity index (χ2v) is 8.68. The van der Waals surface area contributed by atoms with Gasteiger partial charge in [0.2, 0.25) is 0 Å². The smallest absolute Gasteiger partial charge is 0.266 e. The van der Waals surface area contributed by atoms with E-state index in [1.54, 1.807) is 13.2 Å². The molecule has 31 heavy (non-hydrogen) atoms. The van der Waals surface area contributed by atoms with E-state index in [9.17, 15) is 17.4 Å². The highest BCUT2D eigenvalue weighted by Crippen LogP contribution is 2.35. The summed E-state index contributed by atoms with van der Waals surface area (Å²) >= 11 is 0. The molecule has 1 atom stereocenters. The number of allylic oxidation sites excluding steroid dienone is 1. The minimum atomic E-state index is -2.88. The van der Waals surface area contributed by atoms with Crippen molar-refractivity contribution in [3.63, 3.8) is 0 Å². The van der Waals surface area contributed by atoms with Gasteiger partial charge >= 0.3 is 0 Å². The molecular formula is C22H20F3N3O2S. The molecule has 2 heterocycles. The molecule has 0 spiro atoms. The summed E-state index contributed by atoms with van der Waals surface area (Å²) in [6.45, 7) is -0.0124. The predicted molar refractivity (Wildman–Crippen MR) is 115 cm³/mol.